The number of nitrogens with zero attached hydrogens (tertiary/aromatic N) is 2. The minimum Gasteiger partial charge on any atom is -0.386 e. The molecule has 9 heteroatoms. The molecule has 0 unspecified atom stereocenters. The lowest BCUT2D eigenvalue weighted by Crippen LogP contribution is -2.39. The molecule has 0 fully saturated rings. The number of carbonyl (C=O) groups excluding carboxylic acids is 1. The minimum absolute atomic E-state index is 0.0317. The summed E-state index contributed by atoms with van der Waals surface area (Å²) in [5, 5.41) is 12.5. The number of likely N-dealkylation sites (N-methyl/N-ethyl adjacent to an activating group) is 1. The summed E-state index contributed by atoms with van der Waals surface area (Å²) in [4.78, 5) is 18.2. The molecule has 29 heavy (non-hydrogen) atoms. The lowest BCUT2D eigenvalue weighted by Gasteiger charge is -2.29. The third kappa shape index (κ3) is 4.81. The summed E-state index contributed by atoms with van der Waals surface area (Å²) in [5.74, 6) is -0.315. The molecule has 0 spiro atoms. The molecule has 0 aliphatic carbocycles. The Labute approximate surface area is 173 Å². The van der Waals surface area contributed by atoms with E-state index in [-0.39, 0.29) is 15.9 Å². The summed E-state index contributed by atoms with van der Waals surface area (Å²) in [7, 11) is -2.17. The van der Waals surface area contributed by atoms with E-state index in [2.05, 4.69) is 9.71 Å². The highest BCUT2D eigenvalue weighted by Gasteiger charge is 2.25. The Hall–Kier alpha value is -2.75. The third-order valence-corrected chi connectivity index (χ3v) is 6.77. The Morgan fingerprint density at radius 1 is 1.14 bits per heavy atom. The summed E-state index contributed by atoms with van der Waals surface area (Å²) in [5.41, 5.74) is 1.04. The van der Waals surface area contributed by atoms with Crippen molar-refractivity contribution in [3.63, 3.8) is 0 Å². The summed E-state index contributed by atoms with van der Waals surface area (Å²) >= 11 is 1.17. The van der Waals surface area contributed by atoms with Gasteiger partial charge < -0.3 is 10.0 Å². The molecule has 2 N–H and O–H groups in total. The van der Waals surface area contributed by atoms with Crippen LogP contribution in [0.2, 0.25) is 0 Å². The van der Waals surface area contributed by atoms with Crippen LogP contribution in [0.25, 0.3) is 0 Å². The Morgan fingerprint density at radius 2 is 1.79 bits per heavy atom. The van der Waals surface area contributed by atoms with Gasteiger partial charge in [-0.3, -0.25) is 9.52 Å². The van der Waals surface area contributed by atoms with Crippen molar-refractivity contribution in [2.45, 2.75) is 24.0 Å². The van der Waals surface area contributed by atoms with E-state index in [0.29, 0.717) is 11.1 Å². The standard InChI is InChI=1S/C20H21N3O4S2/c1-14(18(24)15-6-4-3-5-7-15)23(2)19(25)16-8-10-17(11-9-16)29(26,27)22-20-21-12-13-28-20/h3-14,18,24H,1-2H3,(H,21,22)/t14-,18+/m1/s1. The van der Waals surface area contributed by atoms with Crippen LogP contribution < -0.4 is 4.72 Å². The predicted octanol–water partition coefficient (Wildman–Crippen LogP) is 3.14. The van der Waals surface area contributed by atoms with Crippen LogP contribution in [0.1, 0.15) is 28.9 Å². The zero-order valence-corrected chi connectivity index (χ0v) is 17.5. The van der Waals surface area contributed by atoms with E-state index in [1.54, 1.807) is 31.5 Å². The fourth-order valence-electron chi connectivity index (χ4n) is 2.75. The monoisotopic (exact) mass is 431 g/mol. The van der Waals surface area contributed by atoms with Crippen molar-refractivity contribution >= 4 is 32.4 Å². The molecule has 152 valence electrons. The summed E-state index contributed by atoms with van der Waals surface area (Å²) in [6.45, 7) is 1.76. The highest BCUT2D eigenvalue weighted by Crippen LogP contribution is 2.22. The number of nitrogens with one attached hydrogen (secondary N) is 1. The molecule has 7 nitrogen and oxygen atoms in total. The Balaban J connectivity index is 1.72. The van der Waals surface area contributed by atoms with E-state index in [4.69, 9.17) is 0 Å². The first-order valence-electron chi connectivity index (χ1n) is 8.82. The van der Waals surface area contributed by atoms with Crippen LogP contribution in [0.4, 0.5) is 5.13 Å². The van der Waals surface area contributed by atoms with Crippen LogP contribution in [0.15, 0.2) is 71.1 Å². The Kier molecular flexibility index (Phi) is 6.31. The molecule has 0 bridgehead atoms. The zero-order valence-electron chi connectivity index (χ0n) is 15.9. The minimum atomic E-state index is -3.78. The van der Waals surface area contributed by atoms with Crippen LogP contribution in [0.5, 0.6) is 0 Å². The maximum absolute atomic E-state index is 12.8. The normalized spacial score (nSPS) is 13.5. The molecular weight excluding hydrogens is 410 g/mol. The van der Waals surface area contributed by atoms with Gasteiger partial charge in [-0.25, -0.2) is 13.4 Å². The van der Waals surface area contributed by atoms with Crippen molar-refractivity contribution < 1.29 is 18.3 Å². The van der Waals surface area contributed by atoms with Gasteiger partial charge in [-0.05, 0) is 36.8 Å². The molecule has 3 rings (SSSR count). The van der Waals surface area contributed by atoms with Gasteiger partial charge >= 0.3 is 0 Å². The summed E-state index contributed by atoms with van der Waals surface area (Å²) < 4.78 is 27.2. The fraction of sp³-hybridized carbons (Fsp3) is 0.200. The number of carbonyl (C=O) groups is 1. The summed E-state index contributed by atoms with van der Waals surface area (Å²) in [6.07, 6.45) is 0.665. The molecule has 1 aromatic heterocycles. The largest absolute Gasteiger partial charge is 0.386 e. The molecule has 0 saturated heterocycles. The average molecular weight is 432 g/mol. The van der Waals surface area contributed by atoms with E-state index >= 15 is 0 Å². The van der Waals surface area contributed by atoms with Crippen molar-refractivity contribution in [2.24, 2.45) is 0 Å². The molecule has 2 aromatic carbocycles. The molecule has 0 aliphatic rings. The average Bonchev–Trinajstić information content (AvgIpc) is 3.24. The third-order valence-electron chi connectivity index (χ3n) is 4.59. The van der Waals surface area contributed by atoms with Crippen molar-refractivity contribution in [3.05, 3.63) is 77.3 Å². The molecule has 1 amide bonds. The fourth-order valence-corrected chi connectivity index (χ4v) is 4.54. The first-order valence-corrected chi connectivity index (χ1v) is 11.2. The molecule has 3 aromatic rings. The van der Waals surface area contributed by atoms with Crippen LogP contribution >= 0.6 is 11.3 Å². The van der Waals surface area contributed by atoms with E-state index in [9.17, 15) is 18.3 Å². The van der Waals surface area contributed by atoms with Crippen molar-refractivity contribution in [1.29, 1.82) is 0 Å². The smallest absolute Gasteiger partial charge is 0.263 e. The second-order valence-electron chi connectivity index (χ2n) is 6.48. The topological polar surface area (TPSA) is 99.6 Å². The molecule has 0 saturated carbocycles. The first-order chi connectivity index (χ1) is 13.8. The van der Waals surface area contributed by atoms with Gasteiger partial charge in [-0.2, -0.15) is 0 Å². The van der Waals surface area contributed by atoms with Crippen LogP contribution in [0, 0.1) is 0 Å². The van der Waals surface area contributed by atoms with Gasteiger partial charge in [0.2, 0.25) is 0 Å². The van der Waals surface area contributed by atoms with Crippen LogP contribution in [-0.4, -0.2) is 42.4 Å². The van der Waals surface area contributed by atoms with Gasteiger partial charge in [-0.15, -0.1) is 11.3 Å². The van der Waals surface area contributed by atoms with Gasteiger partial charge in [-0.1, -0.05) is 30.3 Å². The molecule has 1 heterocycles. The number of thiazole rings is 1. The van der Waals surface area contributed by atoms with Crippen molar-refractivity contribution in [1.82, 2.24) is 9.88 Å². The Morgan fingerprint density at radius 3 is 2.38 bits per heavy atom. The van der Waals surface area contributed by atoms with Gasteiger partial charge in [0.15, 0.2) is 5.13 Å². The van der Waals surface area contributed by atoms with Crippen LogP contribution in [0.3, 0.4) is 0 Å². The van der Waals surface area contributed by atoms with E-state index in [0.717, 1.165) is 0 Å². The lowest BCUT2D eigenvalue weighted by atomic mass is 10.0. The number of aliphatic hydroxyl groups is 1. The number of amides is 1. The van der Waals surface area contributed by atoms with E-state index in [1.807, 2.05) is 18.2 Å². The van der Waals surface area contributed by atoms with Gasteiger partial charge in [0.1, 0.15) is 0 Å². The quantitative estimate of drug-likeness (QED) is 0.599. The zero-order chi connectivity index (χ0) is 21.0. The van der Waals surface area contributed by atoms with E-state index < -0.39 is 22.2 Å². The Bertz CT molecular complexity index is 1050. The number of aliphatic hydroxyl groups excluding tert-OH is 1. The number of hydrogen-bond donors (Lipinski definition) is 2. The van der Waals surface area contributed by atoms with Crippen molar-refractivity contribution in [2.75, 3.05) is 11.8 Å². The second-order valence-corrected chi connectivity index (χ2v) is 9.06. The maximum Gasteiger partial charge on any atom is 0.263 e. The number of anilines is 1. The lowest BCUT2D eigenvalue weighted by molar-refractivity contribution is 0.0487. The molecule has 0 aliphatic heterocycles. The van der Waals surface area contributed by atoms with Crippen LogP contribution in [-0.2, 0) is 10.0 Å². The summed E-state index contributed by atoms with van der Waals surface area (Å²) in [6, 6.07) is 14.3. The second kappa shape index (κ2) is 8.73. The highest BCUT2D eigenvalue weighted by atomic mass is 32.2. The number of benzene rings is 2. The predicted molar refractivity (Wildman–Crippen MR) is 112 cm³/mol. The first kappa shape index (κ1) is 21.0. The van der Waals surface area contributed by atoms with E-state index in [1.165, 1.54) is 46.7 Å². The van der Waals surface area contributed by atoms with Crippen molar-refractivity contribution in [3.8, 4) is 0 Å². The number of rotatable bonds is 7. The number of aromatic nitrogens is 1. The molecule has 2 atom stereocenters. The van der Waals surface area contributed by atoms with Gasteiger partial charge in [0.05, 0.1) is 17.0 Å². The molecular formula is C20H21N3O4S2. The highest BCUT2D eigenvalue weighted by molar-refractivity contribution is 7.93. The SMILES string of the molecule is C[C@H]([C@H](O)c1ccccc1)N(C)C(=O)c1ccc(S(=O)(=O)Nc2nccs2)cc1. The van der Waals surface area contributed by atoms with Gasteiger partial charge in [0.25, 0.3) is 15.9 Å². The number of hydrogen-bond acceptors (Lipinski definition) is 6. The number of sulfonamides is 1. The molecule has 0 radical (unpaired) electrons. The van der Waals surface area contributed by atoms with Gasteiger partial charge in [0, 0.05) is 24.2 Å². The maximum atomic E-state index is 12.8.